The van der Waals surface area contributed by atoms with E-state index in [4.69, 9.17) is 11.6 Å². The standard InChI is InChI=1S/C10H9ClN4OS/c1-6-12-10(17-15-6)14-9(16)13-8-4-2-3-7(11)5-8/h2-5H,1H3,(H2,12,13,14,15,16). The Bertz CT molecular complexity index is 543. The molecule has 2 aromatic rings. The molecule has 0 saturated heterocycles. The fourth-order valence-corrected chi connectivity index (χ4v) is 1.93. The lowest BCUT2D eigenvalue weighted by molar-refractivity contribution is 0.262. The van der Waals surface area contributed by atoms with Gasteiger partial charge in [-0.05, 0) is 25.1 Å². The largest absolute Gasteiger partial charge is 0.325 e. The van der Waals surface area contributed by atoms with E-state index in [2.05, 4.69) is 20.0 Å². The topological polar surface area (TPSA) is 66.9 Å². The zero-order valence-corrected chi connectivity index (χ0v) is 10.5. The molecule has 0 aliphatic carbocycles. The fourth-order valence-electron chi connectivity index (χ4n) is 1.17. The average molecular weight is 269 g/mol. The van der Waals surface area contributed by atoms with E-state index >= 15 is 0 Å². The Morgan fingerprint density at radius 2 is 2.24 bits per heavy atom. The number of nitrogens with one attached hydrogen (secondary N) is 2. The number of amides is 2. The number of carbonyl (C=O) groups is 1. The molecule has 0 atom stereocenters. The molecule has 17 heavy (non-hydrogen) atoms. The smallest absolute Gasteiger partial charge is 0.308 e. The zero-order chi connectivity index (χ0) is 12.3. The number of hydrogen-bond acceptors (Lipinski definition) is 4. The normalized spacial score (nSPS) is 10.0. The van der Waals surface area contributed by atoms with Gasteiger partial charge in [0, 0.05) is 22.2 Å². The summed E-state index contributed by atoms with van der Waals surface area (Å²) < 4.78 is 3.96. The molecule has 7 heteroatoms. The highest BCUT2D eigenvalue weighted by Crippen LogP contribution is 2.16. The van der Waals surface area contributed by atoms with Crippen molar-refractivity contribution in [2.45, 2.75) is 6.92 Å². The van der Waals surface area contributed by atoms with E-state index in [1.54, 1.807) is 31.2 Å². The van der Waals surface area contributed by atoms with E-state index in [1.165, 1.54) is 0 Å². The van der Waals surface area contributed by atoms with Gasteiger partial charge in [-0.25, -0.2) is 9.78 Å². The van der Waals surface area contributed by atoms with E-state index in [-0.39, 0.29) is 6.03 Å². The van der Waals surface area contributed by atoms with Gasteiger partial charge in [0.05, 0.1) is 0 Å². The van der Waals surface area contributed by atoms with Crippen molar-refractivity contribution in [1.82, 2.24) is 9.36 Å². The molecule has 0 fully saturated rings. The quantitative estimate of drug-likeness (QED) is 0.879. The Balaban J connectivity index is 1.98. The van der Waals surface area contributed by atoms with Crippen LogP contribution in [0.3, 0.4) is 0 Å². The summed E-state index contributed by atoms with van der Waals surface area (Å²) in [5.41, 5.74) is 0.622. The van der Waals surface area contributed by atoms with Crippen LogP contribution in [0.1, 0.15) is 5.82 Å². The molecule has 2 rings (SSSR count). The number of aromatic nitrogens is 2. The van der Waals surface area contributed by atoms with Crippen LogP contribution in [0, 0.1) is 6.92 Å². The number of hydrogen-bond donors (Lipinski definition) is 2. The van der Waals surface area contributed by atoms with E-state index < -0.39 is 0 Å². The first-order chi connectivity index (χ1) is 8.13. The molecule has 5 nitrogen and oxygen atoms in total. The molecule has 0 spiro atoms. The van der Waals surface area contributed by atoms with E-state index in [0.29, 0.717) is 21.7 Å². The summed E-state index contributed by atoms with van der Waals surface area (Å²) in [4.78, 5) is 15.6. The molecular formula is C10H9ClN4OS. The first-order valence-electron chi connectivity index (χ1n) is 4.77. The lowest BCUT2D eigenvalue weighted by Crippen LogP contribution is -2.19. The Hall–Kier alpha value is -1.66. The monoisotopic (exact) mass is 268 g/mol. The maximum Gasteiger partial charge on any atom is 0.325 e. The van der Waals surface area contributed by atoms with Crippen LogP contribution >= 0.6 is 23.1 Å². The van der Waals surface area contributed by atoms with Crippen LogP contribution in [-0.4, -0.2) is 15.4 Å². The van der Waals surface area contributed by atoms with Crippen molar-refractivity contribution in [3.63, 3.8) is 0 Å². The van der Waals surface area contributed by atoms with Crippen LogP contribution < -0.4 is 10.6 Å². The van der Waals surface area contributed by atoms with Crippen molar-refractivity contribution in [1.29, 1.82) is 0 Å². The first-order valence-corrected chi connectivity index (χ1v) is 5.92. The summed E-state index contributed by atoms with van der Waals surface area (Å²) in [5, 5.41) is 6.25. The molecule has 0 saturated carbocycles. The van der Waals surface area contributed by atoms with Crippen LogP contribution in [0.2, 0.25) is 5.02 Å². The maximum atomic E-state index is 11.6. The fraction of sp³-hybridized carbons (Fsp3) is 0.100. The van der Waals surface area contributed by atoms with Gasteiger partial charge < -0.3 is 5.32 Å². The number of nitrogens with zero attached hydrogens (tertiary/aromatic N) is 2. The SMILES string of the molecule is Cc1nsc(NC(=O)Nc2cccc(Cl)c2)n1. The molecule has 2 N–H and O–H groups in total. The molecule has 1 aromatic carbocycles. The lowest BCUT2D eigenvalue weighted by atomic mass is 10.3. The van der Waals surface area contributed by atoms with Crippen LogP contribution in [-0.2, 0) is 0 Å². The minimum Gasteiger partial charge on any atom is -0.308 e. The van der Waals surface area contributed by atoms with E-state index in [9.17, 15) is 4.79 Å². The Labute approximate surface area is 107 Å². The minimum atomic E-state index is -0.372. The van der Waals surface area contributed by atoms with Gasteiger partial charge in [-0.1, -0.05) is 17.7 Å². The molecule has 0 aliphatic heterocycles. The Kier molecular flexibility index (Phi) is 3.55. The number of aryl methyl sites for hydroxylation is 1. The zero-order valence-electron chi connectivity index (χ0n) is 8.90. The third-order valence-electron chi connectivity index (χ3n) is 1.83. The second kappa shape index (κ2) is 5.11. The van der Waals surface area contributed by atoms with Crippen molar-refractivity contribution < 1.29 is 4.79 Å². The van der Waals surface area contributed by atoms with Crippen molar-refractivity contribution in [3.05, 3.63) is 35.1 Å². The predicted octanol–water partition coefficient (Wildman–Crippen LogP) is 3.14. The molecule has 0 aliphatic rings. The van der Waals surface area contributed by atoms with E-state index in [0.717, 1.165) is 11.5 Å². The molecule has 0 radical (unpaired) electrons. The van der Waals surface area contributed by atoms with Gasteiger partial charge in [-0.3, -0.25) is 5.32 Å². The Morgan fingerprint density at radius 1 is 1.41 bits per heavy atom. The number of benzene rings is 1. The summed E-state index contributed by atoms with van der Waals surface area (Å²) in [6, 6.07) is 6.53. The number of halogens is 1. The molecular weight excluding hydrogens is 260 g/mol. The van der Waals surface area contributed by atoms with Gasteiger partial charge in [-0.15, -0.1) is 0 Å². The average Bonchev–Trinajstić information content (AvgIpc) is 2.63. The van der Waals surface area contributed by atoms with Crippen LogP contribution in [0.4, 0.5) is 15.6 Å². The van der Waals surface area contributed by atoms with Crippen molar-refractivity contribution in [3.8, 4) is 0 Å². The van der Waals surface area contributed by atoms with Gasteiger partial charge in [0.25, 0.3) is 0 Å². The second-order valence-electron chi connectivity index (χ2n) is 3.24. The van der Waals surface area contributed by atoms with Crippen molar-refractivity contribution in [2.75, 3.05) is 10.6 Å². The lowest BCUT2D eigenvalue weighted by Gasteiger charge is -2.04. The van der Waals surface area contributed by atoms with E-state index in [1.807, 2.05) is 0 Å². The summed E-state index contributed by atoms with van der Waals surface area (Å²) in [6.45, 7) is 1.76. The molecule has 1 aromatic heterocycles. The maximum absolute atomic E-state index is 11.6. The minimum absolute atomic E-state index is 0.372. The number of carbonyl (C=O) groups excluding carboxylic acids is 1. The molecule has 2 amide bonds. The highest BCUT2D eigenvalue weighted by Gasteiger charge is 2.06. The summed E-state index contributed by atoms with van der Waals surface area (Å²) in [7, 11) is 0. The van der Waals surface area contributed by atoms with Crippen LogP contribution in [0.5, 0.6) is 0 Å². The predicted molar refractivity (Wildman–Crippen MR) is 68.7 cm³/mol. The third kappa shape index (κ3) is 3.40. The molecule has 0 unspecified atom stereocenters. The number of anilines is 2. The summed E-state index contributed by atoms with van der Waals surface area (Å²) in [5.74, 6) is 0.632. The third-order valence-corrected chi connectivity index (χ3v) is 2.79. The highest BCUT2D eigenvalue weighted by atomic mass is 35.5. The van der Waals surface area contributed by atoms with Crippen molar-refractivity contribution in [2.24, 2.45) is 0 Å². The Morgan fingerprint density at radius 3 is 2.88 bits per heavy atom. The van der Waals surface area contributed by atoms with Crippen LogP contribution in [0.25, 0.3) is 0 Å². The summed E-state index contributed by atoms with van der Waals surface area (Å²) in [6.07, 6.45) is 0. The van der Waals surface area contributed by atoms with Gasteiger partial charge in [0.15, 0.2) is 0 Å². The van der Waals surface area contributed by atoms with Gasteiger partial charge in [-0.2, -0.15) is 4.37 Å². The number of urea groups is 1. The summed E-state index contributed by atoms with van der Waals surface area (Å²) >= 11 is 6.93. The molecule has 1 heterocycles. The van der Waals surface area contributed by atoms with Gasteiger partial charge in [0.2, 0.25) is 5.13 Å². The van der Waals surface area contributed by atoms with Crippen LogP contribution in [0.15, 0.2) is 24.3 Å². The number of rotatable bonds is 2. The first kappa shape index (κ1) is 11.8. The highest BCUT2D eigenvalue weighted by molar-refractivity contribution is 7.09. The van der Waals surface area contributed by atoms with Crippen molar-refractivity contribution >= 4 is 40.0 Å². The molecule has 88 valence electrons. The van der Waals surface area contributed by atoms with Gasteiger partial charge >= 0.3 is 6.03 Å². The second-order valence-corrected chi connectivity index (χ2v) is 4.42. The van der Waals surface area contributed by atoms with Gasteiger partial charge in [0.1, 0.15) is 5.82 Å². The molecule has 0 bridgehead atoms.